The summed E-state index contributed by atoms with van der Waals surface area (Å²) in [6.45, 7) is 8.31. The van der Waals surface area contributed by atoms with E-state index in [-0.39, 0.29) is 35.5 Å². The van der Waals surface area contributed by atoms with Gasteiger partial charge in [-0.1, -0.05) is 34.1 Å². The van der Waals surface area contributed by atoms with Crippen LogP contribution in [0.2, 0.25) is 0 Å². The quantitative estimate of drug-likeness (QED) is 0.831. The molecule has 2 aliphatic carbocycles. The van der Waals surface area contributed by atoms with Gasteiger partial charge < -0.3 is 5.32 Å². The molecule has 0 heterocycles. The normalized spacial score (nSPS) is 35.2. The van der Waals surface area contributed by atoms with Crippen LogP contribution in [0, 0.1) is 29.6 Å². The van der Waals surface area contributed by atoms with Crippen molar-refractivity contribution in [1.82, 2.24) is 5.32 Å². The summed E-state index contributed by atoms with van der Waals surface area (Å²) in [5.74, 6) is 1.81. The van der Waals surface area contributed by atoms with Gasteiger partial charge in [-0.3, -0.25) is 9.59 Å². The lowest BCUT2D eigenvalue weighted by Gasteiger charge is -2.26. The number of carbonyl (C=O) groups excluding carboxylic acids is 2. The van der Waals surface area contributed by atoms with Crippen molar-refractivity contribution in [2.45, 2.75) is 59.4 Å². The highest BCUT2D eigenvalue weighted by Gasteiger charge is 2.42. The van der Waals surface area contributed by atoms with E-state index >= 15 is 0 Å². The zero-order chi connectivity index (χ0) is 14.2. The Bertz CT molecular complexity index is 364. The van der Waals surface area contributed by atoms with E-state index in [1.54, 1.807) is 0 Å². The predicted octanol–water partition coefficient (Wildman–Crippen LogP) is 2.79. The minimum absolute atomic E-state index is 0.0881. The number of carbonyl (C=O) groups is 2. The van der Waals surface area contributed by atoms with Crippen molar-refractivity contribution in [2.24, 2.45) is 29.6 Å². The van der Waals surface area contributed by atoms with E-state index in [1.807, 2.05) is 13.8 Å². The topological polar surface area (TPSA) is 46.2 Å². The lowest BCUT2D eigenvalue weighted by atomic mass is 9.85. The Morgan fingerprint density at radius 2 is 1.68 bits per heavy atom. The van der Waals surface area contributed by atoms with Crippen molar-refractivity contribution in [3.05, 3.63) is 0 Å². The van der Waals surface area contributed by atoms with E-state index in [1.165, 1.54) is 0 Å². The monoisotopic (exact) mass is 265 g/mol. The van der Waals surface area contributed by atoms with Crippen LogP contribution in [0.5, 0.6) is 0 Å². The first-order valence-electron chi connectivity index (χ1n) is 7.76. The SMILES string of the molecule is CC1CC1C(=O)N[C@H](C(=O)[C@@H]1CCC[C@H]1C)C(C)C. The molecule has 108 valence electrons. The highest BCUT2D eigenvalue weighted by Crippen LogP contribution is 2.38. The highest BCUT2D eigenvalue weighted by atomic mass is 16.2. The first kappa shape index (κ1) is 14.5. The maximum atomic E-state index is 12.6. The van der Waals surface area contributed by atoms with Gasteiger partial charge in [0.05, 0.1) is 6.04 Å². The molecule has 0 aromatic heterocycles. The molecule has 1 amide bonds. The molecular formula is C16H27NO2. The average Bonchev–Trinajstić information content (AvgIpc) is 2.91. The molecule has 1 N–H and O–H groups in total. The Morgan fingerprint density at radius 3 is 2.11 bits per heavy atom. The lowest BCUT2D eigenvalue weighted by Crippen LogP contribution is -2.48. The van der Waals surface area contributed by atoms with Crippen LogP contribution in [0.4, 0.5) is 0 Å². The summed E-state index contributed by atoms with van der Waals surface area (Å²) in [5.41, 5.74) is 0. The molecule has 0 saturated heterocycles. The zero-order valence-corrected chi connectivity index (χ0v) is 12.6. The van der Waals surface area contributed by atoms with Gasteiger partial charge in [0, 0.05) is 11.8 Å². The van der Waals surface area contributed by atoms with Crippen LogP contribution in [-0.2, 0) is 9.59 Å². The molecule has 0 bridgehead atoms. The summed E-state index contributed by atoms with van der Waals surface area (Å²) in [6, 6.07) is -0.286. The Labute approximate surface area is 116 Å². The molecule has 0 aliphatic heterocycles. The fourth-order valence-electron chi connectivity index (χ4n) is 3.31. The van der Waals surface area contributed by atoms with E-state index in [2.05, 4.69) is 19.2 Å². The number of hydrogen-bond acceptors (Lipinski definition) is 2. The third-order valence-electron chi connectivity index (χ3n) is 4.94. The predicted molar refractivity (Wildman–Crippen MR) is 75.6 cm³/mol. The van der Waals surface area contributed by atoms with E-state index in [9.17, 15) is 9.59 Å². The number of hydrogen-bond donors (Lipinski definition) is 1. The van der Waals surface area contributed by atoms with Crippen LogP contribution >= 0.6 is 0 Å². The second-order valence-corrected chi connectivity index (χ2v) is 6.97. The Kier molecular flexibility index (Phi) is 4.32. The fourth-order valence-corrected chi connectivity index (χ4v) is 3.31. The largest absolute Gasteiger partial charge is 0.346 e. The molecule has 0 radical (unpaired) electrons. The van der Waals surface area contributed by atoms with Gasteiger partial charge in [0.15, 0.2) is 5.78 Å². The van der Waals surface area contributed by atoms with Crippen LogP contribution < -0.4 is 5.32 Å². The summed E-state index contributed by atoms with van der Waals surface area (Å²) in [7, 11) is 0. The highest BCUT2D eigenvalue weighted by molar-refractivity contribution is 5.92. The van der Waals surface area contributed by atoms with E-state index in [4.69, 9.17) is 0 Å². The van der Waals surface area contributed by atoms with Gasteiger partial charge in [0.25, 0.3) is 0 Å². The summed E-state index contributed by atoms with van der Waals surface area (Å²) >= 11 is 0. The second-order valence-electron chi connectivity index (χ2n) is 6.97. The van der Waals surface area contributed by atoms with E-state index in [0.717, 1.165) is 25.7 Å². The number of ketones is 1. The van der Waals surface area contributed by atoms with Gasteiger partial charge in [0.2, 0.25) is 5.91 Å². The van der Waals surface area contributed by atoms with E-state index in [0.29, 0.717) is 11.8 Å². The number of amides is 1. The summed E-state index contributed by atoms with van der Waals surface area (Å²) in [6.07, 6.45) is 4.27. The molecule has 2 fully saturated rings. The number of Topliss-reactive ketones (excluding diaryl/α,β-unsaturated/α-hetero) is 1. The zero-order valence-electron chi connectivity index (χ0n) is 12.6. The maximum Gasteiger partial charge on any atom is 0.223 e. The van der Waals surface area contributed by atoms with Crippen molar-refractivity contribution < 1.29 is 9.59 Å². The summed E-state index contributed by atoms with van der Waals surface area (Å²) in [4.78, 5) is 24.7. The minimum atomic E-state index is -0.286. The summed E-state index contributed by atoms with van der Waals surface area (Å²) in [5, 5.41) is 3.02. The third kappa shape index (κ3) is 3.18. The number of nitrogens with one attached hydrogen (secondary N) is 1. The van der Waals surface area contributed by atoms with Gasteiger partial charge in [-0.05, 0) is 37.0 Å². The molecule has 2 saturated carbocycles. The summed E-state index contributed by atoms with van der Waals surface area (Å²) < 4.78 is 0. The van der Waals surface area contributed by atoms with Crippen molar-refractivity contribution in [3.63, 3.8) is 0 Å². The molecule has 5 atom stereocenters. The lowest BCUT2D eigenvalue weighted by molar-refractivity contribution is -0.132. The molecule has 2 unspecified atom stereocenters. The molecular weight excluding hydrogens is 238 g/mol. The molecule has 2 rings (SSSR count). The molecule has 0 aromatic carbocycles. The smallest absolute Gasteiger partial charge is 0.223 e. The van der Waals surface area contributed by atoms with Crippen LogP contribution in [-0.4, -0.2) is 17.7 Å². The first-order valence-corrected chi connectivity index (χ1v) is 7.76. The average molecular weight is 265 g/mol. The molecule has 2 aliphatic rings. The van der Waals surface area contributed by atoms with Crippen LogP contribution in [0.15, 0.2) is 0 Å². The minimum Gasteiger partial charge on any atom is -0.346 e. The van der Waals surface area contributed by atoms with Crippen molar-refractivity contribution in [3.8, 4) is 0 Å². The number of rotatable bonds is 5. The Balaban J connectivity index is 1.99. The van der Waals surface area contributed by atoms with Crippen molar-refractivity contribution in [2.75, 3.05) is 0 Å². The third-order valence-corrected chi connectivity index (χ3v) is 4.94. The first-order chi connectivity index (χ1) is 8.91. The molecule has 19 heavy (non-hydrogen) atoms. The van der Waals surface area contributed by atoms with Crippen LogP contribution in [0.1, 0.15) is 53.4 Å². The van der Waals surface area contributed by atoms with Gasteiger partial charge in [-0.25, -0.2) is 0 Å². The molecule has 0 aromatic rings. The molecule has 0 spiro atoms. The van der Waals surface area contributed by atoms with Gasteiger partial charge in [0.1, 0.15) is 0 Å². The van der Waals surface area contributed by atoms with Crippen LogP contribution in [0.25, 0.3) is 0 Å². The van der Waals surface area contributed by atoms with Crippen molar-refractivity contribution in [1.29, 1.82) is 0 Å². The van der Waals surface area contributed by atoms with Crippen LogP contribution in [0.3, 0.4) is 0 Å². The maximum absolute atomic E-state index is 12.6. The molecule has 3 nitrogen and oxygen atoms in total. The van der Waals surface area contributed by atoms with Gasteiger partial charge >= 0.3 is 0 Å². The van der Waals surface area contributed by atoms with E-state index < -0.39 is 0 Å². The Hall–Kier alpha value is -0.860. The van der Waals surface area contributed by atoms with Crippen molar-refractivity contribution >= 4 is 11.7 Å². The molecule has 3 heteroatoms. The second kappa shape index (κ2) is 5.64. The van der Waals surface area contributed by atoms with Gasteiger partial charge in [-0.2, -0.15) is 0 Å². The van der Waals surface area contributed by atoms with Gasteiger partial charge in [-0.15, -0.1) is 0 Å². The fraction of sp³-hybridized carbons (Fsp3) is 0.875. The standard InChI is InChI=1S/C16H27NO2/c1-9(2)14(17-16(19)13-8-11(13)4)15(18)12-7-5-6-10(12)3/h9-14H,5-8H2,1-4H3,(H,17,19)/t10-,11?,12-,13?,14+/m1/s1. The Morgan fingerprint density at radius 1 is 1.05 bits per heavy atom.